The first-order valence-electron chi connectivity index (χ1n) is 5.45. The van der Waals surface area contributed by atoms with Gasteiger partial charge in [-0.3, -0.25) is 9.59 Å². The molecule has 3 atom stereocenters. The third-order valence-corrected chi connectivity index (χ3v) is 3.26. The number of aliphatic carboxylic acids is 1. The Hall–Kier alpha value is -1.06. The van der Waals surface area contributed by atoms with Gasteiger partial charge in [-0.05, 0) is 12.3 Å². The van der Waals surface area contributed by atoms with Crippen LogP contribution in [0.5, 0.6) is 0 Å². The van der Waals surface area contributed by atoms with Crippen LogP contribution in [0.2, 0.25) is 0 Å². The molecule has 0 spiro atoms. The molecule has 15 heavy (non-hydrogen) atoms. The topological polar surface area (TPSA) is 57.6 Å². The van der Waals surface area contributed by atoms with E-state index < -0.39 is 17.8 Å². The zero-order chi connectivity index (χ0) is 11.6. The first-order valence-corrected chi connectivity index (χ1v) is 5.45. The van der Waals surface area contributed by atoms with Crippen molar-refractivity contribution in [2.24, 2.45) is 17.8 Å². The van der Waals surface area contributed by atoms with Gasteiger partial charge in [-0.25, -0.2) is 0 Å². The van der Waals surface area contributed by atoms with Gasteiger partial charge in [0, 0.05) is 19.0 Å². The average Bonchev–Trinajstić information content (AvgIpc) is 2.61. The Bertz CT molecular complexity index is 265. The lowest BCUT2D eigenvalue weighted by molar-refractivity contribution is -0.148. The molecule has 0 aromatic carbocycles. The van der Waals surface area contributed by atoms with Gasteiger partial charge in [0.2, 0.25) is 5.91 Å². The normalized spacial score (nSPS) is 25.0. The van der Waals surface area contributed by atoms with Crippen LogP contribution in [0.3, 0.4) is 0 Å². The van der Waals surface area contributed by atoms with Gasteiger partial charge in [0.25, 0.3) is 0 Å². The third kappa shape index (κ3) is 2.70. The number of carboxylic acid groups (broad SMARTS) is 1. The van der Waals surface area contributed by atoms with E-state index in [4.69, 9.17) is 5.11 Å². The lowest BCUT2D eigenvalue weighted by Crippen LogP contribution is -2.37. The van der Waals surface area contributed by atoms with E-state index >= 15 is 0 Å². The summed E-state index contributed by atoms with van der Waals surface area (Å²) in [6, 6.07) is 0. The largest absolute Gasteiger partial charge is 0.481 e. The number of likely N-dealkylation sites (tertiary alicyclic amines) is 1. The molecule has 1 N–H and O–H groups in total. The highest BCUT2D eigenvalue weighted by molar-refractivity contribution is 5.84. The van der Waals surface area contributed by atoms with Crippen molar-refractivity contribution >= 4 is 11.9 Å². The van der Waals surface area contributed by atoms with E-state index in [0.717, 1.165) is 19.5 Å². The predicted octanol–water partition coefficient (Wildman–Crippen LogP) is 1.21. The average molecular weight is 213 g/mol. The molecule has 1 fully saturated rings. The van der Waals surface area contributed by atoms with Crippen molar-refractivity contribution in [2.45, 2.75) is 27.2 Å². The minimum atomic E-state index is -0.900. The molecule has 0 saturated carbocycles. The highest BCUT2D eigenvalue weighted by Crippen LogP contribution is 2.21. The van der Waals surface area contributed by atoms with Crippen molar-refractivity contribution in [3.63, 3.8) is 0 Å². The minimum Gasteiger partial charge on any atom is -0.481 e. The summed E-state index contributed by atoms with van der Waals surface area (Å²) in [5.41, 5.74) is 0. The van der Waals surface area contributed by atoms with Gasteiger partial charge in [-0.1, -0.05) is 20.8 Å². The second kappa shape index (κ2) is 4.64. The van der Waals surface area contributed by atoms with Crippen molar-refractivity contribution in [1.82, 2.24) is 4.90 Å². The fourth-order valence-electron chi connectivity index (χ4n) is 1.85. The maximum atomic E-state index is 11.9. The number of carboxylic acids is 1. The van der Waals surface area contributed by atoms with E-state index in [1.807, 2.05) is 0 Å². The number of hydrogen-bond acceptors (Lipinski definition) is 2. The summed E-state index contributed by atoms with van der Waals surface area (Å²) in [7, 11) is 0. The quantitative estimate of drug-likeness (QED) is 0.766. The van der Waals surface area contributed by atoms with Crippen LogP contribution in [0.25, 0.3) is 0 Å². The fraction of sp³-hybridized carbons (Fsp3) is 0.818. The molecule has 1 amide bonds. The molecule has 0 aliphatic carbocycles. The Balaban J connectivity index is 2.56. The summed E-state index contributed by atoms with van der Waals surface area (Å²) in [5, 5.41) is 8.83. The Morgan fingerprint density at radius 2 is 1.93 bits per heavy atom. The van der Waals surface area contributed by atoms with Crippen molar-refractivity contribution in [1.29, 1.82) is 0 Å². The Morgan fingerprint density at radius 1 is 1.33 bits per heavy atom. The lowest BCUT2D eigenvalue weighted by atomic mass is 9.95. The standard InChI is InChI=1S/C11H19NO3/c1-7-4-5-12(6-7)10(13)8(2)9(3)11(14)15/h7-9H,4-6H2,1-3H3,(H,14,15). The third-order valence-electron chi connectivity index (χ3n) is 3.26. The molecule has 0 radical (unpaired) electrons. The van der Waals surface area contributed by atoms with Crippen LogP contribution < -0.4 is 0 Å². The monoisotopic (exact) mass is 213 g/mol. The van der Waals surface area contributed by atoms with E-state index in [-0.39, 0.29) is 5.91 Å². The molecule has 4 nitrogen and oxygen atoms in total. The van der Waals surface area contributed by atoms with Gasteiger partial charge >= 0.3 is 5.97 Å². The van der Waals surface area contributed by atoms with E-state index in [1.165, 1.54) is 0 Å². The molecular formula is C11H19NO3. The van der Waals surface area contributed by atoms with Crippen LogP contribution >= 0.6 is 0 Å². The number of rotatable bonds is 3. The molecular weight excluding hydrogens is 194 g/mol. The second-order valence-corrected chi connectivity index (χ2v) is 4.59. The summed E-state index contributed by atoms with van der Waals surface area (Å²) in [6.07, 6.45) is 1.03. The molecule has 0 aromatic rings. The number of nitrogens with zero attached hydrogens (tertiary/aromatic N) is 1. The van der Waals surface area contributed by atoms with E-state index in [2.05, 4.69) is 6.92 Å². The maximum Gasteiger partial charge on any atom is 0.307 e. The predicted molar refractivity (Wildman–Crippen MR) is 56.3 cm³/mol. The smallest absolute Gasteiger partial charge is 0.307 e. The molecule has 4 heteroatoms. The van der Waals surface area contributed by atoms with E-state index in [0.29, 0.717) is 5.92 Å². The van der Waals surface area contributed by atoms with Crippen molar-refractivity contribution in [2.75, 3.05) is 13.1 Å². The Labute approximate surface area is 90.3 Å². The van der Waals surface area contributed by atoms with Gasteiger partial charge in [0.15, 0.2) is 0 Å². The molecule has 1 aliphatic heterocycles. The van der Waals surface area contributed by atoms with Gasteiger partial charge in [0.1, 0.15) is 0 Å². The maximum absolute atomic E-state index is 11.9. The van der Waals surface area contributed by atoms with Gasteiger partial charge in [-0.15, -0.1) is 0 Å². The highest BCUT2D eigenvalue weighted by atomic mass is 16.4. The summed E-state index contributed by atoms with van der Waals surface area (Å²) < 4.78 is 0. The molecule has 1 aliphatic rings. The number of carbonyl (C=O) groups excluding carboxylic acids is 1. The highest BCUT2D eigenvalue weighted by Gasteiger charge is 2.32. The molecule has 1 rings (SSSR count). The van der Waals surface area contributed by atoms with Crippen LogP contribution in [-0.4, -0.2) is 35.0 Å². The first-order chi connectivity index (χ1) is 6.93. The van der Waals surface area contributed by atoms with Crippen molar-refractivity contribution in [3.05, 3.63) is 0 Å². The Kier molecular flexibility index (Phi) is 3.72. The van der Waals surface area contributed by atoms with Gasteiger partial charge < -0.3 is 10.0 Å². The molecule has 1 saturated heterocycles. The second-order valence-electron chi connectivity index (χ2n) is 4.59. The summed E-state index contributed by atoms with van der Waals surface area (Å²) >= 11 is 0. The van der Waals surface area contributed by atoms with Crippen molar-refractivity contribution in [3.8, 4) is 0 Å². The SMILES string of the molecule is CC1CCN(C(=O)C(C)C(C)C(=O)O)C1. The van der Waals surface area contributed by atoms with Crippen molar-refractivity contribution < 1.29 is 14.7 Å². The minimum absolute atomic E-state index is 0.0192. The number of amides is 1. The zero-order valence-electron chi connectivity index (χ0n) is 9.56. The van der Waals surface area contributed by atoms with E-state index in [1.54, 1.807) is 18.7 Å². The first kappa shape index (κ1) is 12.0. The van der Waals surface area contributed by atoms with Crippen LogP contribution in [-0.2, 0) is 9.59 Å². The zero-order valence-corrected chi connectivity index (χ0v) is 9.56. The van der Waals surface area contributed by atoms with Crippen LogP contribution in [0.4, 0.5) is 0 Å². The summed E-state index contributed by atoms with van der Waals surface area (Å²) in [6.45, 7) is 6.94. The number of carbonyl (C=O) groups is 2. The molecule has 86 valence electrons. The van der Waals surface area contributed by atoms with Crippen LogP contribution in [0, 0.1) is 17.8 Å². The Morgan fingerprint density at radius 3 is 2.33 bits per heavy atom. The van der Waals surface area contributed by atoms with E-state index in [9.17, 15) is 9.59 Å². The van der Waals surface area contributed by atoms with Gasteiger partial charge in [-0.2, -0.15) is 0 Å². The van der Waals surface area contributed by atoms with Crippen LogP contribution in [0.15, 0.2) is 0 Å². The molecule has 0 bridgehead atoms. The summed E-state index contributed by atoms with van der Waals surface area (Å²) in [4.78, 5) is 24.4. The van der Waals surface area contributed by atoms with Gasteiger partial charge in [0.05, 0.1) is 5.92 Å². The fourth-order valence-corrected chi connectivity index (χ4v) is 1.85. The van der Waals surface area contributed by atoms with Crippen LogP contribution in [0.1, 0.15) is 27.2 Å². The number of hydrogen-bond donors (Lipinski definition) is 1. The lowest BCUT2D eigenvalue weighted by Gasteiger charge is -2.22. The molecule has 3 unspecified atom stereocenters. The molecule has 1 heterocycles. The summed E-state index contributed by atoms with van der Waals surface area (Å²) in [5.74, 6) is -1.40. The molecule has 0 aromatic heterocycles.